The predicted molar refractivity (Wildman–Crippen MR) is 225 cm³/mol. The first-order valence-corrected chi connectivity index (χ1v) is 23.2. The van der Waals surface area contributed by atoms with Crippen LogP contribution >= 0.6 is 22.7 Å². The third-order valence-corrected chi connectivity index (χ3v) is 14.7. The molecule has 0 radical (unpaired) electrons. The van der Waals surface area contributed by atoms with E-state index in [-0.39, 0.29) is 38.6 Å². The van der Waals surface area contributed by atoms with E-state index < -0.39 is 74.6 Å². The number of alkyl carbamates (subject to hydrolysis) is 1. The highest BCUT2D eigenvalue weighted by Crippen LogP contribution is 2.45. The molecule has 4 aliphatic rings. The van der Waals surface area contributed by atoms with Crippen molar-refractivity contribution in [2.24, 2.45) is 11.3 Å². The van der Waals surface area contributed by atoms with Crippen molar-refractivity contribution in [3.63, 3.8) is 0 Å². The summed E-state index contributed by atoms with van der Waals surface area (Å²) >= 11 is 2.93. The number of rotatable bonds is 12. The number of hydrogen-bond donors (Lipinski definition) is 3. The summed E-state index contributed by atoms with van der Waals surface area (Å²) in [7, 11) is -2.36. The van der Waals surface area contributed by atoms with Gasteiger partial charge in [0.25, 0.3) is 11.5 Å². The smallest absolute Gasteiger partial charge is 0.408 e. The zero-order valence-electron chi connectivity index (χ0n) is 33.7. The van der Waals surface area contributed by atoms with E-state index in [0.29, 0.717) is 29.8 Å². The van der Waals surface area contributed by atoms with Crippen molar-refractivity contribution in [3.8, 4) is 22.3 Å². The Morgan fingerprint density at radius 1 is 1.03 bits per heavy atom. The number of ether oxygens (including phenoxy) is 1. The van der Waals surface area contributed by atoms with Gasteiger partial charge in [-0.1, -0.05) is 26.8 Å². The first-order valence-electron chi connectivity index (χ1n) is 19.9. The number of aromatic nitrogens is 2. The van der Waals surface area contributed by atoms with E-state index in [1.165, 1.54) is 42.6 Å². The number of likely N-dealkylation sites (tertiary alicyclic amines) is 1. The molecule has 3 aromatic heterocycles. The molecule has 5 heterocycles. The number of carbonyl (C=O) groups excluding carboxylic acids is 4. The van der Waals surface area contributed by atoms with Crippen LogP contribution in [-0.2, 0) is 29.3 Å². The lowest BCUT2D eigenvalue weighted by atomic mass is 9.85. The van der Waals surface area contributed by atoms with Crippen LogP contribution in [0.4, 0.5) is 4.79 Å². The molecule has 0 unspecified atom stereocenters. The van der Waals surface area contributed by atoms with Gasteiger partial charge in [-0.05, 0) is 89.3 Å². The summed E-state index contributed by atoms with van der Waals surface area (Å²) in [6, 6.07) is 0.576. The largest absolute Gasteiger partial charge is 0.446 e. The Morgan fingerprint density at radius 2 is 1.69 bits per heavy atom. The minimum absolute atomic E-state index is 0.0647. The van der Waals surface area contributed by atoms with Crippen molar-refractivity contribution in [1.82, 2.24) is 39.2 Å². The summed E-state index contributed by atoms with van der Waals surface area (Å²) in [4.78, 5) is 74.4. The van der Waals surface area contributed by atoms with Gasteiger partial charge in [0.15, 0.2) is 0 Å². The summed E-state index contributed by atoms with van der Waals surface area (Å²) in [6.45, 7) is 10.4. The molecule has 4 amide bonds. The van der Waals surface area contributed by atoms with Gasteiger partial charge in [0.05, 0.1) is 17.8 Å². The Hall–Kier alpha value is -4.43. The van der Waals surface area contributed by atoms with E-state index in [1.54, 1.807) is 27.0 Å². The maximum atomic E-state index is 14.8. The molecule has 2 aliphatic carbocycles. The second-order valence-corrected chi connectivity index (χ2v) is 20.2. The number of amides is 4. The number of thiophene rings is 2. The Balaban J connectivity index is 1.21. The van der Waals surface area contributed by atoms with Crippen molar-refractivity contribution in [1.29, 1.82) is 0 Å². The van der Waals surface area contributed by atoms with Crippen molar-refractivity contribution >= 4 is 56.7 Å². The molecular formula is C40H52N8O8S3. The van der Waals surface area contributed by atoms with Gasteiger partial charge < -0.3 is 25.2 Å². The van der Waals surface area contributed by atoms with E-state index >= 15 is 0 Å². The summed E-state index contributed by atoms with van der Waals surface area (Å²) in [5, 5.41) is 17.8. The number of hydrogen-bond acceptors (Lipinski definition) is 12. The van der Waals surface area contributed by atoms with Crippen LogP contribution in [0.3, 0.4) is 0 Å². The zero-order valence-corrected chi connectivity index (χ0v) is 36.2. The fourth-order valence-corrected chi connectivity index (χ4v) is 10.8. The minimum Gasteiger partial charge on any atom is -0.446 e. The average Bonchev–Trinajstić information content (AvgIpc) is 3.87. The van der Waals surface area contributed by atoms with Crippen molar-refractivity contribution < 1.29 is 32.3 Å². The second-order valence-electron chi connectivity index (χ2n) is 17.0. The van der Waals surface area contributed by atoms with Crippen LogP contribution in [0.5, 0.6) is 0 Å². The monoisotopic (exact) mass is 868 g/mol. The van der Waals surface area contributed by atoms with E-state index in [2.05, 4.69) is 27.0 Å². The number of carbonyl (C=O) groups is 4. The van der Waals surface area contributed by atoms with Gasteiger partial charge in [0.2, 0.25) is 11.8 Å². The molecule has 4 fully saturated rings. The number of nitrogens with one attached hydrogen (secondary N) is 3. The van der Waals surface area contributed by atoms with Gasteiger partial charge in [-0.2, -0.15) is 40.5 Å². The maximum absolute atomic E-state index is 14.8. The fourth-order valence-electron chi connectivity index (χ4n) is 8.29. The van der Waals surface area contributed by atoms with E-state index in [9.17, 15) is 32.4 Å². The lowest BCUT2D eigenvalue weighted by molar-refractivity contribution is -0.142. The molecule has 5 atom stereocenters. The average molecular weight is 869 g/mol. The van der Waals surface area contributed by atoms with Gasteiger partial charge in [-0.15, -0.1) is 6.58 Å². The molecule has 2 saturated carbocycles. The van der Waals surface area contributed by atoms with Gasteiger partial charge in [-0.25, -0.2) is 14.2 Å². The molecule has 318 valence electrons. The normalized spacial score (nSPS) is 24.7. The molecular weight excluding hydrogens is 817 g/mol. The highest BCUT2D eigenvalue weighted by molar-refractivity contribution is 7.87. The van der Waals surface area contributed by atoms with Crippen molar-refractivity contribution in [3.05, 3.63) is 62.9 Å². The SMILES string of the molecule is C=C[C@@H]1C[C@]1(NC(=O)[C@@H]1C[C@@H](n2ncc(-c3ccsc3)c(-c3ccsc3)c2=O)CN1C(=O)[C@@H](NC(=O)OC1CCCC1)C(C)(C)C)C(=O)NS(=O)(=O)N1CCN(C)CC1. The molecule has 19 heteroatoms. The third-order valence-electron chi connectivity index (χ3n) is 11.9. The first-order chi connectivity index (χ1) is 28.0. The molecule has 0 spiro atoms. The summed E-state index contributed by atoms with van der Waals surface area (Å²) < 4.78 is 37.1. The molecule has 3 aromatic rings. The third kappa shape index (κ3) is 8.89. The van der Waals surface area contributed by atoms with Crippen LogP contribution in [0.15, 0.2) is 57.3 Å². The Labute approximate surface area is 352 Å². The maximum Gasteiger partial charge on any atom is 0.408 e. The molecule has 0 aromatic carbocycles. The fraction of sp³-hybridized carbons (Fsp3) is 0.550. The zero-order chi connectivity index (χ0) is 42.3. The van der Waals surface area contributed by atoms with E-state index in [1.807, 2.05) is 45.6 Å². The van der Waals surface area contributed by atoms with Gasteiger partial charge >= 0.3 is 16.3 Å². The van der Waals surface area contributed by atoms with Gasteiger partial charge in [0.1, 0.15) is 23.7 Å². The van der Waals surface area contributed by atoms with E-state index in [0.717, 1.165) is 31.2 Å². The van der Waals surface area contributed by atoms with Crippen LogP contribution in [0, 0.1) is 11.3 Å². The topological polar surface area (TPSA) is 192 Å². The van der Waals surface area contributed by atoms with Crippen molar-refractivity contribution in [2.45, 2.75) is 89.1 Å². The molecule has 7 rings (SSSR count). The molecule has 59 heavy (non-hydrogen) atoms. The summed E-state index contributed by atoms with van der Waals surface area (Å²) in [5.74, 6) is -2.81. The van der Waals surface area contributed by atoms with Crippen molar-refractivity contribution in [2.75, 3.05) is 39.8 Å². The highest BCUT2D eigenvalue weighted by atomic mass is 32.2. The van der Waals surface area contributed by atoms with Crippen LogP contribution in [0.25, 0.3) is 22.3 Å². The number of piperazine rings is 1. The Kier molecular flexibility index (Phi) is 12.2. The first kappa shape index (κ1) is 42.7. The van der Waals surface area contributed by atoms with Crippen LogP contribution < -0.4 is 20.9 Å². The molecule has 2 saturated heterocycles. The molecule has 2 aliphatic heterocycles. The Bertz CT molecular complexity index is 2230. The lowest BCUT2D eigenvalue weighted by Gasteiger charge is -2.35. The standard InChI is InChI=1S/C40H52N8O8S3/c1-6-27-20-40(27,37(52)44-59(54,55)46-15-13-45(5)14-16-46)43-34(49)31-19-28(22-47(31)36(51)33(39(2,3)4)42-38(53)56-29-9-7-8-10-29)48-35(50)32(26-12-18-58-24-26)30(21-41-48)25-11-17-57-23-25/h6,11-12,17-18,21,23-24,27-29,31,33H,1,7-10,13-16,19-20,22H2,2-5H3,(H,42,53)(H,43,49)(H,44,52)/t27-,28-,31+,33-,40-/m1/s1. The van der Waals surface area contributed by atoms with Gasteiger partial charge in [0, 0.05) is 50.6 Å². The van der Waals surface area contributed by atoms with Crippen LogP contribution in [-0.4, -0.2) is 120 Å². The Morgan fingerprint density at radius 3 is 2.29 bits per heavy atom. The quantitative estimate of drug-likeness (QED) is 0.227. The minimum atomic E-state index is -4.24. The highest BCUT2D eigenvalue weighted by Gasteiger charge is 2.62. The molecule has 16 nitrogen and oxygen atoms in total. The summed E-state index contributed by atoms with van der Waals surface area (Å²) in [6.07, 6.45) is 5.47. The predicted octanol–water partition coefficient (Wildman–Crippen LogP) is 3.60. The number of nitrogens with zero attached hydrogens (tertiary/aromatic N) is 5. The molecule has 0 bridgehead atoms. The van der Waals surface area contributed by atoms with Crippen LogP contribution in [0.2, 0.25) is 0 Å². The van der Waals surface area contributed by atoms with Gasteiger partial charge in [-0.3, -0.25) is 19.2 Å². The van der Waals surface area contributed by atoms with E-state index in [4.69, 9.17) is 4.74 Å². The lowest BCUT2D eigenvalue weighted by Crippen LogP contribution is -2.61. The summed E-state index contributed by atoms with van der Waals surface area (Å²) in [5.41, 5.74) is -0.296. The molecule has 3 N–H and O–H groups in total. The second kappa shape index (κ2) is 16.9. The van der Waals surface area contributed by atoms with Crippen LogP contribution in [0.1, 0.15) is 65.3 Å². The number of likely N-dealkylation sites (N-methyl/N-ethyl adjacent to an activating group) is 1.